The first kappa shape index (κ1) is 15.4. The number of phenols is 1. The Hall–Kier alpha value is -3.13. The fourth-order valence-corrected chi connectivity index (χ4v) is 3.17. The lowest BCUT2D eigenvalue weighted by atomic mass is 9.94. The number of para-hydroxylation sites is 1. The minimum atomic E-state index is 0.276. The van der Waals surface area contributed by atoms with Crippen LogP contribution in [0.4, 0.5) is 0 Å². The smallest absolute Gasteiger partial charge is 0.124 e. The summed E-state index contributed by atoms with van der Waals surface area (Å²) in [6.45, 7) is 0.746. The zero-order valence-corrected chi connectivity index (χ0v) is 13.9. The molecule has 0 radical (unpaired) electrons. The standard InChI is InChI=1S/C23H19NO/c25-23-9-5-4-8-21(23)22-16-20(14-15-24-22)19-12-10-18(11-13-19)17-6-2-1-3-7-17/h1-13,16,25H,14-15H2. The topological polar surface area (TPSA) is 32.6 Å². The highest BCUT2D eigenvalue weighted by Crippen LogP contribution is 2.28. The molecule has 0 amide bonds. The van der Waals surface area contributed by atoms with Crippen molar-refractivity contribution in [1.82, 2.24) is 0 Å². The van der Waals surface area contributed by atoms with Gasteiger partial charge in [0.05, 0.1) is 5.71 Å². The Bertz CT molecular complexity index is 937. The van der Waals surface area contributed by atoms with Gasteiger partial charge in [0, 0.05) is 12.1 Å². The van der Waals surface area contributed by atoms with Crippen molar-refractivity contribution < 1.29 is 5.11 Å². The number of benzene rings is 3. The predicted molar refractivity (Wildman–Crippen MR) is 104 cm³/mol. The van der Waals surface area contributed by atoms with Crippen molar-refractivity contribution in [2.24, 2.45) is 4.99 Å². The lowest BCUT2D eigenvalue weighted by molar-refractivity contribution is 0.474. The molecule has 1 aliphatic rings. The molecule has 0 spiro atoms. The average molecular weight is 325 g/mol. The first-order valence-corrected chi connectivity index (χ1v) is 8.50. The zero-order chi connectivity index (χ0) is 17.1. The quantitative estimate of drug-likeness (QED) is 0.693. The highest BCUT2D eigenvalue weighted by molar-refractivity contribution is 6.14. The summed E-state index contributed by atoms with van der Waals surface area (Å²) in [7, 11) is 0. The van der Waals surface area contributed by atoms with Crippen LogP contribution in [0.5, 0.6) is 5.75 Å². The maximum atomic E-state index is 10.1. The maximum absolute atomic E-state index is 10.1. The van der Waals surface area contributed by atoms with Crippen molar-refractivity contribution in [3.63, 3.8) is 0 Å². The summed E-state index contributed by atoms with van der Waals surface area (Å²) in [6.07, 6.45) is 3.01. The van der Waals surface area contributed by atoms with Gasteiger partial charge in [0.15, 0.2) is 0 Å². The molecule has 25 heavy (non-hydrogen) atoms. The normalized spacial score (nSPS) is 13.9. The number of aliphatic imine (C=N–C) groups is 1. The first-order valence-electron chi connectivity index (χ1n) is 8.50. The van der Waals surface area contributed by atoms with Gasteiger partial charge in [-0.25, -0.2) is 0 Å². The lowest BCUT2D eigenvalue weighted by Gasteiger charge is -2.15. The summed E-state index contributed by atoms with van der Waals surface area (Å²) in [4.78, 5) is 4.58. The molecule has 0 saturated heterocycles. The second-order valence-electron chi connectivity index (χ2n) is 6.15. The number of allylic oxidation sites excluding steroid dienone is 1. The molecule has 1 N–H and O–H groups in total. The van der Waals surface area contributed by atoms with E-state index in [0.29, 0.717) is 0 Å². The molecular weight excluding hydrogens is 306 g/mol. The Labute approximate surface area is 147 Å². The van der Waals surface area contributed by atoms with Gasteiger partial charge in [0.1, 0.15) is 5.75 Å². The van der Waals surface area contributed by atoms with Crippen molar-refractivity contribution in [1.29, 1.82) is 0 Å². The fraction of sp³-hybridized carbons (Fsp3) is 0.0870. The van der Waals surface area contributed by atoms with Crippen LogP contribution in [-0.2, 0) is 0 Å². The third-order valence-electron chi connectivity index (χ3n) is 4.52. The van der Waals surface area contributed by atoms with Gasteiger partial charge in [0.2, 0.25) is 0 Å². The number of rotatable bonds is 3. The molecule has 0 unspecified atom stereocenters. The molecule has 122 valence electrons. The van der Waals surface area contributed by atoms with Crippen LogP contribution in [0, 0.1) is 0 Å². The van der Waals surface area contributed by atoms with E-state index in [4.69, 9.17) is 0 Å². The molecule has 3 aromatic rings. The summed E-state index contributed by atoms with van der Waals surface area (Å²) >= 11 is 0. The number of phenolic OH excluding ortho intramolecular Hbond substituents is 1. The van der Waals surface area contributed by atoms with Gasteiger partial charge >= 0.3 is 0 Å². The Morgan fingerprint density at radius 2 is 1.32 bits per heavy atom. The number of hydrogen-bond donors (Lipinski definition) is 1. The van der Waals surface area contributed by atoms with E-state index in [1.54, 1.807) is 6.07 Å². The van der Waals surface area contributed by atoms with Gasteiger partial charge in [-0.3, -0.25) is 4.99 Å². The minimum absolute atomic E-state index is 0.276. The molecule has 3 aromatic carbocycles. The van der Waals surface area contributed by atoms with Crippen LogP contribution in [-0.4, -0.2) is 17.4 Å². The van der Waals surface area contributed by atoms with Crippen LogP contribution in [0.3, 0.4) is 0 Å². The number of nitrogens with zero attached hydrogens (tertiary/aromatic N) is 1. The molecule has 0 atom stereocenters. The molecule has 0 fully saturated rings. The third-order valence-corrected chi connectivity index (χ3v) is 4.52. The molecule has 4 rings (SSSR count). The van der Waals surface area contributed by atoms with Crippen molar-refractivity contribution in [2.75, 3.05) is 6.54 Å². The summed E-state index contributed by atoms with van der Waals surface area (Å²) in [5, 5.41) is 10.1. The Morgan fingerprint density at radius 1 is 0.680 bits per heavy atom. The predicted octanol–water partition coefficient (Wildman–Crippen LogP) is 5.34. The highest BCUT2D eigenvalue weighted by atomic mass is 16.3. The maximum Gasteiger partial charge on any atom is 0.124 e. The van der Waals surface area contributed by atoms with Gasteiger partial charge in [-0.1, -0.05) is 66.7 Å². The van der Waals surface area contributed by atoms with Crippen molar-refractivity contribution >= 4 is 11.3 Å². The second-order valence-corrected chi connectivity index (χ2v) is 6.15. The van der Waals surface area contributed by atoms with Crippen molar-refractivity contribution in [3.8, 4) is 16.9 Å². The van der Waals surface area contributed by atoms with Crippen LogP contribution < -0.4 is 0 Å². The average Bonchev–Trinajstić information content (AvgIpc) is 2.69. The van der Waals surface area contributed by atoms with Crippen LogP contribution in [0.25, 0.3) is 16.7 Å². The van der Waals surface area contributed by atoms with E-state index in [0.717, 1.165) is 24.2 Å². The number of aromatic hydroxyl groups is 1. The number of hydrogen-bond acceptors (Lipinski definition) is 2. The molecule has 0 saturated carbocycles. The Kier molecular flexibility index (Phi) is 4.17. The number of dihydropyridines is 1. The van der Waals surface area contributed by atoms with Gasteiger partial charge in [-0.15, -0.1) is 0 Å². The van der Waals surface area contributed by atoms with Crippen molar-refractivity contribution in [2.45, 2.75) is 6.42 Å². The Morgan fingerprint density at radius 3 is 2.08 bits per heavy atom. The lowest BCUT2D eigenvalue weighted by Crippen LogP contribution is -2.06. The summed E-state index contributed by atoms with van der Waals surface area (Å²) in [5.41, 5.74) is 6.56. The Balaban J connectivity index is 1.64. The first-order chi connectivity index (χ1) is 12.3. The third kappa shape index (κ3) is 3.24. The van der Waals surface area contributed by atoms with Gasteiger partial charge in [-0.2, -0.15) is 0 Å². The van der Waals surface area contributed by atoms with E-state index < -0.39 is 0 Å². The van der Waals surface area contributed by atoms with Crippen LogP contribution in [0.15, 0.2) is 89.9 Å². The second kappa shape index (κ2) is 6.78. The van der Waals surface area contributed by atoms with E-state index in [-0.39, 0.29) is 5.75 Å². The fourth-order valence-electron chi connectivity index (χ4n) is 3.17. The van der Waals surface area contributed by atoms with Crippen molar-refractivity contribution in [3.05, 3.63) is 96.1 Å². The molecular formula is C23H19NO. The largest absolute Gasteiger partial charge is 0.507 e. The monoisotopic (exact) mass is 325 g/mol. The van der Waals surface area contributed by atoms with E-state index in [9.17, 15) is 5.11 Å². The summed E-state index contributed by atoms with van der Waals surface area (Å²) < 4.78 is 0. The van der Waals surface area contributed by atoms with Crippen LogP contribution >= 0.6 is 0 Å². The molecule has 0 aromatic heterocycles. The van der Waals surface area contributed by atoms with Gasteiger partial charge in [-0.05, 0) is 46.9 Å². The molecule has 1 aliphatic heterocycles. The minimum Gasteiger partial charge on any atom is -0.507 e. The van der Waals surface area contributed by atoms with E-state index in [1.807, 2.05) is 24.3 Å². The zero-order valence-electron chi connectivity index (χ0n) is 13.9. The molecule has 2 nitrogen and oxygen atoms in total. The van der Waals surface area contributed by atoms with E-state index >= 15 is 0 Å². The SMILES string of the molecule is Oc1ccccc1C1=NCCC(c2ccc(-c3ccccc3)cc2)=C1. The summed E-state index contributed by atoms with van der Waals surface area (Å²) in [5.74, 6) is 0.276. The molecule has 2 heteroatoms. The van der Waals surface area contributed by atoms with Gasteiger partial charge in [0.25, 0.3) is 0 Å². The highest BCUT2D eigenvalue weighted by Gasteiger charge is 2.13. The van der Waals surface area contributed by atoms with E-state index in [1.165, 1.54) is 22.3 Å². The van der Waals surface area contributed by atoms with Gasteiger partial charge < -0.3 is 5.11 Å². The molecule has 1 heterocycles. The van der Waals surface area contributed by atoms with E-state index in [2.05, 4.69) is 59.6 Å². The van der Waals surface area contributed by atoms with Crippen LogP contribution in [0.2, 0.25) is 0 Å². The summed E-state index contributed by atoms with van der Waals surface area (Å²) in [6, 6.07) is 26.4. The molecule has 0 bridgehead atoms. The molecule has 0 aliphatic carbocycles. The van der Waals surface area contributed by atoms with Crippen LogP contribution in [0.1, 0.15) is 17.5 Å².